The maximum atomic E-state index is 5.61. The van der Waals surface area contributed by atoms with Crippen LogP contribution in [0, 0.1) is 5.41 Å². The van der Waals surface area contributed by atoms with Gasteiger partial charge in [0.15, 0.2) is 0 Å². The van der Waals surface area contributed by atoms with Crippen molar-refractivity contribution in [1.29, 1.82) is 0 Å². The molecule has 15 heavy (non-hydrogen) atoms. The maximum absolute atomic E-state index is 5.61. The smallest absolute Gasteiger partial charge is 0.0824 e. The lowest BCUT2D eigenvalue weighted by molar-refractivity contribution is -0.0407. The summed E-state index contributed by atoms with van der Waals surface area (Å²) in [6, 6.07) is 0. The highest BCUT2D eigenvalue weighted by Crippen LogP contribution is 2.18. The Balaban J connectivity index is 2.36. The Morgan fingerprint density at radius 2 is 2.27 bits per heavy atom. The number of ether oxygens (including phenoxy) is 2. The van der Waals surface area contributed by atoms with Crippen LogP contribution in [0.5, 0.6) is 0 Å². The van der Waals surface area contributed by atoms with E-state index in [1.807, 2.05) is 0 Å². The largest absolute Gasteiger partial charge is 0.384 e. The van der Waals surface area contributed by atoms with Crippen LogP contribution < -0.4 is 5.73 Å². The van der Waals surface area contributed by atoms with Crippen LogP contribution in [-0.2, 0) is 9.47 Å². The fourth-order valence-corrected chi connectivity index (χ4v) is 2.11. The average Bonchev–Trinajstić information content (AvgIpc) is 2.17. The van der Waals surface area contributed by atoms with Crippen LogP contribution in [0.2, 0.25) is 0 Å². The molecule has 0 saturated carbocycles. The van der Waals surface area contributed by atoms with E-state index < -0.39 is 0 Å². The first-order valence-electron chi connectivity index (χ1n) is 5.60. The molecule has 1 fully saturated rings. The van der Waals surface area contributed by atoms with Gasteiger partial charge in [-0.2, -0.15) is 0 Å². The third-order valence-electron chi connectivity index (χ3n) is 2.67. The summed E-state index contributed by atoms with van der Waals surface area (Å²) in [6.45, 7) is 9.64. The van der Waals surface area contributed by atoms with Gasteiger partial charge in [-0.1, -0.05) is 13.8 Å². The van der Waals surface area contributed by atoms with Gasteiger partial charge < -0.3 is 15.2 Å². The monoisotopic (exact) mass is 216 g/mol. The first-order chi connectivity index (χ1) is 7.07. The molecule has 1 atom stereocenters. The zero-order valence-electron chi connectivity index (χ0n) is 10.2. The number of methoxy groups -OCH3 is 1. The summed E-state index contributed by atoms with van der Waals surface area (Å²) in [5.74, 6) is 0. The summed E-state index contributed by atoms with van der Waals surface area (Å²) < 4.78 is 10.8. The number of nitrogens with two attached hydrogens (primary N) is 1. The molecule has 0 aromatic heterocycles. The molecule has 0 amide bonds. The normalized spacial score (nSPS) is 24.4. The van der Waals surface area contributed by atoms with Crippen LogP contribution in [0.15, 0.2) is 0 Å². The number of hydrogen-bond acceptors (Lipinski definition) is 4. The summed E-state index contributed by atoms with van der Waals surface area (Å²) in [5, 5.41) is 0. The lowest BCUT2D eigenvalue weighted by Gasteiger charge is -2.37. The molecule has 0 aliphatic carbocycles. The van der Waals surface area contributed by atoms with Crippen molar-refractivity contribution in [2.24, 2.45) is 11.1 Å². The number of hydrogen-bond donors (Lipinski definition) is 1. The summed E-state index contributed by atoms with van der Waals surface area (Å²) in [7, 11) is 1.75. The minimum atomic E-state index is 0.200. The third-order valence-corrected chi connectivity index (χ3v) is 2.67. The van der Waals surface area contributed by atoms with E-state index in [-0.39, 0.29) is 11.5 Å². The minimum Gasteiger partial charge on any atom is -0.384 e. The molecular weight excluding hydrogens is 192 g/mol. The van der Waals surface area contributed by atoms with Gasteiger partial charge in [-0.15, -0.1) is 0 Å². The van der Waals surface area contributed by atoms with Gasteiger partial charge in [0.1, 0.15) is 0 Å². The fourth-order valence-electron chi connectivity index (χ4n) is 2.11. The van der Waals surface area contributed by atoms with Gasteiger partial charge in [-0.3, -0.25) is 4.90 Å². The van der Waals surface area contributed by atoms with E-state index in [4.69, 9.17) is 15.2 Å². The van der Waals surface area contributed by atoms with Crippen LogP contribution in [0.25, 0.3) is 0 Å². The molecule has 1 saturated heterocycles. The molecule has 1 unspecified atom stereocenters. The van der Waals surface area contributed by atoms with E-state index in [9.17, 15) is 0 Å². The van der Waals surface area contributed by atoms with Crippen LogP contribution in [-0.4, -0.2) is 57.5 Å². The molecule has 1 aliphatic heterocycles. The van der Waals surface area contributed by atoms with Crippen LogP contribution in [0.1, 0.15) is 13.8 Å². The van der Waals surface area contributed by atoms with Crippen molar-refractivity contribution in [3.8, 4) is 0 Å². The second-order valence-electron chi connectivity index (χ2n) is 5.06. The molecule has 1 aliphatic rings. The Morgan fingerprint density at radius 1 is 1.53 bits per heavy atom. The first kappa shape index (κ1) is 12.9. The Bertz CT molecular complexity index is 185. The van der Waals surface area contributed by atoms with Gasteiger partial charge in [-0.05, 0) is 0 Å². The van der Waals surface area contributed by atoms with E-state index in [1.54, 1.807) is 7.11 Å². The number of morpholine rings is 1. The van der Waals surface area contributed by atoms with Crippen LogP contribution in [0.4, 0.5) is 0 Å². The fraction of sp³-hybridized carbons (Fsp3) is 1.00. The standard InChI is InChI=1S/C11H24N2O2/c1-11(2,9-14-3)8-13-4-5-15-10(6-12)7-13/h10H,4-9,12H2,1-3H3. The highest BCUT2D eigenvalue weighted by atomic mass is 16.5. The predicted octanol–water partition coefficient (Wildman–Crippen LogP) is 0.319. The van der Waals surface area contributed by atoms with Gasteiger partial charge in [-0.25, -0.2) is 0 Å². The molecule has 4 nitrogen and oxygen atoms in total. The lowest BCUT2D eigenvalue weighted by Crippen LogP contribution is -2.49. The van der Waals surface area contributed by atoms with Crippen molar-refractivity contribution in [2.75, 3.05) is 46.5 Å². The molecule has 0 radical (unpaired) electrons. The molecule has 0 spiro atoms. The van der Waals surface area contributed by atoms with Gasteiger partial charge >= 0.3 is 0 Å². The highest BCUT2D eigenvalue weighted by Gasteiger charge is 2.26. The zero-order valence-corrected chi connectivity index (χ0v) is 10.2. The molecular formula is C11H24N2O2. The SMILES string of the molecule is COCC(C)(C)CN1CCOC(CN)C1. The zero-order chi connectivity index (χ0) is 11.3. The van der Waals surface area contributed by atoms with E-state index in [0.717, 1.165) is 32.8 Å². The number of rotatable bonds is 5. The van der Waals surface area contributed by atoms with Gasteiger partial charge in [0.05, 0.1) is 19.3 Å². The lowest BCUT2D eigenvalue weighted by atomic mass is 9.93. The summed E-state index contributed by atoms with van der Waals surface area (Å²) >= 11 is 0. The molecule has 0 aromatic carbocycles. The summed E-state index contributed by atoms with van der Waals surface area (Å²) in [4.78, 5) is 2.42. The molecule has 0 aromatic rings. The first-order valence-corrected chi connectivity index (χ1v) is 5.60. The molecule has 4 heteroatoms. The average molecular weight is 216 g/mol. The van der Waals surface area contributed by atoms with E-state index >= 15 is 0 Å². The van der Waals surface area contributed by atoms with Crippen molar-refractivity contribution in [2.45, 2.75) is 20.0 Å². The van der Waals surface area contributed by atoms with Crippen molar-refractivity contribution >= 4 is 0 Å². The van der Waals surface area contributed by atoms with Crippen molar-refractivity contribution in [1.82, 2.24) is 4.90 Å². The summed E-state index contributed by atoms with van der Waals surface area (Å²) in [5.41, 5.74) is 5.81. The Hall–Kier alpha value is -0.160. The quantitative estimate of drug-likeness (QED) is 0.719. The van der Waals surface area contributed by atoms with E-state index in [1.165, 1.54) is 0 Å². The molecule has 2 N–H and O–H groups in total. The van der Waals surface area contributed by atoms with E-state index in [0.29, 0.717) is 6.54 Å². The molecule has 1 heterocycles. The molecule has 1 rings (SSSR count). The Morgan fingerprint density at radius 3 is 2.87 bits per heavy atom. The van der Waals surface area contributed by atoms with Crippen LogP contribution in [0.3, 0.4) is 0 Å². The van der Waals surface area contributed by atoms with Gasteiger partial charge in [0, 0.05) is 38.7 Å². The Kier molecular flexibility index (Phi) is 4.99. The molecule has 90 valence electrons. The topological polar surface area (TPSA) is 47.7 Å². The molecule has 0 bridgehead atoms. The number of nitrogens with zero attached hydrogens (tertiary/aromatic N) is 1. The van der Waals surface area contributed by atoms with Gasteiger partial charge in [0.2, 0.25) is 0 Å². The van der Waals surface area contributed by atoms with E-state index in [2.05, 4.69) is 18.7 Å². The third kappa shape index (κ3) is 4.47. The predicted molar refractivity (Wildman–Crippen MR) is 60.9 cm³/mol. The second kappa shape index (κ2) is 5.80. The van der Waals surface area contributed by atoms with Crippen molar-refractivity contribution in [3.63, 3.8) is 0 Å². The van der Waals surface area contributed by atoms with Crippen molar-refractivity contribution in [3.05, 3.63) is 0 Å². The van der Waals surface area contributed by atoms with Crippen LogP contribution >= 0.6 is 0 Å². The highest BCUT2D eigenvalue weighted by molar-refractivity contribution is 4.78. The Labute approximate surface area is 92.7 Å². The maximum Gasteiger partial charge on any atom is 0.0824 e. The summed E-state index contributed by atoms with van der Waals surface area (Å²) in [6.07, 6.45) is 0.206. The van der Waals surface area contributed by atoms with Gasteiger partial charge in [0.25, 0.3) is 0 Å². The minimum absolute atomic E-state index is 0.200. The second-order valence-corrected chi connectivity index (χ2v) is 5.06. The van der Waals surface area contributed by atoms with Crippen molar-refractivity contribution < 1.29 is 9.47 Å².